The fourth-order valence-electron chi connectivity index (χ4n) is 2.98. The summed E-state index contributed by atoms with van der Waals surface area (Å²) >= 11 is 0. The Bertz CT molecular complexity index is 324. The maximum absolute atomic E-state index is 12.6. The first-order valence-electron chi connectivity index (χ1n) is 8.02. The van der Waals surface area contributed by atoms with Gasteiger partial charge in [0.25, 0.3) is 0 Å². The van der Waals surface area contributed by atoms with Gasteiger partial charge in [-0.25, -0.2) is 0 Å². The summed E-state index contributed by atoms with van der Waals surface area (Å²) in [5.74, 6) is 1.31. The van der Waals surface area contributed by atoms with Crippen molar-refractivity contribution in [1.82, 2.24) is 5.32 Å². The lowest BCUT2D eigenvalue weighted by molar-refractivity contribution is -0.132. The predicted octanol–water partition coefficient (Wildman–Crippen LogP) is 5.03. The van der Waals surface area contributed by atoms with Crippen LogP contribution in [0.3, 0.4) is 0 Å². The number of amides is 1. The minimum absolute atomic E-state index is 0.168. The van der Waals surface area contributed by atoms with Gasteiger partial charge in [-0.05, 0) is 43.9 Å². The molecule has 0 aliphatic rings. The molecule has 120 valence electrons. The normalized spacial score (nSPS) is 14.0. The molecular weight excluding hydrogens is 246 g/mol. The summed E-state index contributed by atoms with van der Waals surface area (Å²) in [6, 6.07) is 0. The zero-order valence-corrected chi connectivity index (χ0v) is 15.5. The average molecular weight is 284 g/mol. The van der Waals surface area contributed by atoms with Gasteiger partial charge in [0.15, 0.2) is 0 Å². The smallest absolute Gasteiger partial charge is 0.226 e. The highest BCUT2D eigenvalue weighted by molar-refractivity contribution is 5.82. The summed E-state index contributed by atoms with van der Waals surface area (Å²) in [5, 5.41) is 3.27. The highest BCUT2D eigenvalue weighted by Gasteiger charge is 2.36. The van der Waals surface area contributed by atoms with E-state index in [1.807, 2.05) is 13.8 Å². The van der Waals surface area contributed by atoms with Crippen molar-refractivity contribution < 1.29 is 4.79 Å². The maximum Gasteiger partial charge on any atom is 0.226 e. The molecule has 1 amide bonds. The van der Waals surface area contributed by atoms with Gasteiger partial charge in [-0.3, -0.25) is 4.79 Å². The second-order valence-electron chi connectivity index (χ2n) is 9.14. The van der Waals surface area contributed by atoms with Crippen molar-refractivity contribution in [3.8, 4) is 0 Å². The summed E-state index contributed by atoms with van der Waals surface area (Å²) in [5.41, 5.74) is -0.245. The second kappa shape index (κ2) is 6.49. The van der Waals surface area contributed by atoms with E-state index in [0.717, 1.165) is 12.8 Å². The Labute approximate surface area is 127 Å². The van der Waals surface area contributed by atoms with E-state index in [-0.39, 0.29) is 22.3 Å². The molecule has 0 aromatic rings. The third kappa shape index (κ3) is 6.28. The first-order chi connectivity index (χ1) is 8.69. The maximum atomic E-state index is 12.6. The fraction of sp³-hybridized carbons (Fsp3) is 0.944. The molecule has 0 saturated carbocycles. The number of carbonyl (C=O) groups excluding carboxylic acids is 1. The number of carbonyl (C=O) groups is 1. The molecular formula is C18H37NO. The standard InChI is InChI=1S/C18H37NO/c1-13(2)11-16(5,6)15(20)19-18(9,10)12-17(7,8)14(3)4/h13-14H,11-12H2,1-10H3,(H,19,20). The molecule has 1 N–H and O–H groups in total. The van der Waals surface area contributed by atoms with Crippen LogP contribution >= 0.6 is 0 Å². The molecule has 0 aliphatic carbocycles. The monoisotopic (exact) mass is 283 g/mol. The molecule has 0 saturated heterocycles. The molecule has 0 spiro atoms. The summed E-state index contributed by atoms with van der Waals surface area (Å²) in [4.78, 5) is 12.6. The van der Waals surface area contributed by atoms with Gasteiger partial charge < -0.3 is 5.32 Å². The van der Waals surface area contributed by atoms with Crippen molar-refractivity contribution >= 4 is 5.91 Å². The zero-order chi connectivity index (χ0) is 16.4. The molecule has 2 heteroatoms. The van der Waals surface area contributed by atoms with E-state index in [0.29, 0.717) is 11.8 Å². The van der Waals surface area contributed by atoms with Crippen molar-refractivity contribution in [3.05, 3.63) is 0 Å². The van der Waals surface area contributed by atoms with E-state index < -0.39 is 0 Å². The molecule has 0 aromatic carbocycles. The lowest BCUT2D eigenvalue weighted by Gasteiger charge is -2.40. The molecule has 2 nitrogen and oxygen atoms in total. The molecule has 0 atom stereocenters. The van der Waals surface area contributed by atoms with Crippen LogP contribution in [0, 0.1) is 22.7 Å². The van der Waals surface area contributed by atoms with E-state index in [2.05, 4.69) is 60.7 Å². The minimum Gasteiger partial charge on any atom is -0.351 e. The van der Waals surface area contributed by atoms with Gasteiger partial charge in [0.1, 0.15) is 0 Å². The number of hydrogen-bond donors (Lipinski definition) is 1. The van der Waals surface area contributed by atoms with Gasteiger partial charge in [0, 0.05) is 11.0 Å². The average Bonchev–Trinajstić information content (AvgIpc) is 2.11. The van der Waals surface area contributed by atoms with Crippen LogP contribution in [0.4, 0.5) is 0 Å². The van der Waals surface area contributed by atoms with Crippen molar-refractivity contribution in [2.75, 3.05) is 0 Å². The third-order valence-electron chi connectivity index (χ3n) is 4.45. The third-order valence-corrected chi connectivity index (χ3v) is 4.45. The topological polar surface area (TPSA) is 29.1 Å². The summed E-state index contributed by atoms with van der Waals surface area (Å²) in [7, 11) is 0. The Balaban J connectivity index is 4.80. The van der Waals surface area contributed by atoms with E-state index in [1.54, 1.807) is 0 Å². The highest BCUT2D eigenvalue weighted by Crippen LogP contribution is 2.36. The molecule has 0 fully saturated rings. The second-order valence-corrected chi connectivity index (χ2v) is 9.14. The van der Waals surface area contributed by atoms with Gasteiger partial charge >= 0.3 is 0 Å². The van der Waals surface area contributed by atoms with Crippen LogP contribution in [-0.2, 0) is 4.79 Å². The van der Waals surface area contributed by atoms with Gasteiger partial charge in [-0.15, -0.1) is 0 Å². The quantitative estimate of drug-likeness (QED) is 0.698. The Kier molecular flexibility index (Phi) is 6.32. The van der Waals surface area contributed by atoms with Gasteiger partial charge in [-0.1, -0.05) is 55.4 Å². The molecule has 0 unspecified atom stereocenters. The fourth-order valence-corrected chi connectivity index (χ4v) is 2.98. The highest BCUT2D eigenvalue weighted by atomic mass is 16.2. The summed E-state index contributed by atoms with van der Waals surface area (Å²) in [6.07, 6.45) is 1.91. The van der Waals surface area contributed by atoms with Crippen LogP contribution in [0.25, 0.3) is 0 Å². The molecule has 20 heavy (non-hydrogen) atoms. The Morgan fingerprint density at radius 2 is 1.40 bits per heavy atom. The van der Waals surface area contributed by atoms with E-state index >= 15 is 0 Å². The van der Waals surface area contributed by atoms with Crippen LogP contribution in [0.5, 0.6) is 0 Å². The Morgan fingerprint density at radius 1 is 0.950 bits per heavy atom. The van der Waals surface area contributed by atoms with Crippen molar-refractivity contribution in [2.24, 2.45) is 22.7 Å². The van der Waals surface area contributed by atoms with Crippen molar-refractivity contribution in [2.45, 2.75) is 87.6 Å². The SMILES string of the molecule is CC(C)CC(C)(C)C(=O)NC(C)(C)CC(C)(C)C(C)C. The van der Waals surface area contributed by atoms with E-state index in [4.69, 9.17) is 0 Å². The number of rotatable bonds is 7. The van der Waals surface area contributed by atoms with Gasteiger partial charge in [-0.2, -0.15) is 0 Å². The molecule has 0 rings (SSSR count). The molecule has 0 aromatic heterocycles. The Hall–Kier alpha value is -0.530. The predicted molar refractivity (Wildman–Crippen MR) is 88.7 cm³/mol. The van der Waals surface area contributed by atoms with E-state index in [1.165, 1.54) is 0 Å². The van der Waals surface area contributed by atoms with Crippen LogP contribution < -0.4 is 5.32 Å². The summed E-state index contributed by atoms with van der Waals surface area (Å²) in [6.45, 7) is 21.8. The van der Waals surface area contributed by atoms with Gasteiger partial charge in [0.2, 0.25) is 5.91 Å². The van der Waals surface area contributed by atoms with Gasteiger partial charge in [0.05, 0.1) is 0 Å². The van der Waals surface area contributed by atoms with Crippen molar-refractivity contribution in [1.29, 1.82) is 0 Å². The van der Waals surface area contributed by atoms with Crippen LogP contribution in [0.15, 0.2) is 0 Å². The molecule has 0 aliphatic heterocycles. The lowest BCUT2D eigenvalue weighted by atomic mass is 9.72. The first-order valence-corrected chi connectivity index (χ1v) is 8.02. The van der Waals surface area contributed by atoms with Crippen LogP contribution in [0.1, 0.15) is 82.1 Å². The van der Waals surface area contributed by atoms with Crippen LogP contribution in [0.2, 0.25) is 0 Å². The summed E-state index contributed by atoms with van der Waals surface area (Å²) < 4.78 is 0. The van der Waals surface area contributed by atoms with E-state index in [9.17, 15) is 4.79 Å². The molecule has 0 radical (unpaired) electrons. The number of hydrogen-bond acceptors (Lipinski definition) is 1. The van der Waals surface area contributed by atoms with Crippen molar-refractivity contribution in [3.63, 3.8) is 0 Å². The zero-order valence-electron chi connectivity index (χ0n) is 15.5. The molecule has 0 bridgehead atoms. The molecule has 0 heterocycles. The lowest BCUT2D eigenvalue weighted by Crippen LogP contribution is -2.51. The number of nitrogens with one attached hydrogen (secondary N) is 1. The minimum atomic E-state index is -0.298. The first kappa shape index (κ1) is 19.5. The van der Waals surface area contributed by atoms with Crippen LogP contribution in [-0.4, -0.2) is 11.4 Å². The Morgan fingerprint density at radius 3 is 1.75 bits per heavy atom. The largest absolute Gasteiger partial charge is 0.351 e.